The zero-order chi connectivity index (χ0) is 9.59. The van der Waals surface area contributed by atoms with Gasteiger partial charge in [0.15, 0.2) is 0 Å². The molecule has 0 saturated heterocycles. The summed E-state index contributed by atoms with van der Waals surface area (Å²) in [6.45, 7) is 2.00. The lowest BCUT2D eigenvalue weighted by Crippen LogP contribution is -1.87. The van der Waals surface area contributed by atoms with Crippen LogP contribution in [0.15, 0.2) is 18.3 Å². The van der Waals surface area contributed by atoms with Gasteiger partial charge in [-0.15, -0.1) is 0 Å². The molecule has 0 aliphatic heterocycles. The molecule has 2 rings (SSSR count). The molecule has 0 radical (unpaired) electrons. The van der Waals surface area contributed by atoms with Crippen LogP contribution in [0.3, 0.4) is 0 Å². The minimum absolute atomic E-state index is 0.786. The summed E-state index contributed by atoms with van der Waals surface area (Å²) in [7, 11) is 1.97. The van der Waals surface area contributed by atoms with Crippen LogP contribution >= 0.6 is 11.6 Å². The van der Waals surface area contributed by atoms with Crippen LogP contribution in [0, 0.1) is 6.92 Å². The number of halogens is 1. The van der Waals surface area contributed by atoms with E-state index < -0.39 is 0 Å². The largest absolute Gasteiger partial charge is 0.397 e. The van der Waals surface area contributed by atoms with Gasteiger partial charge in [-0.05, 0) is 24.6 Å². The number of nitrogen functional groups attached to an aromatic ring is 1. The molecule has 1 aromatic heterocycles. The molecule has 0 amide bonds. The molecule has 0 aliphatic rings. The van der Waals surface area contributed by atoms with Crippen molar-refractivity contribution >= 4 is 28.2 Å². The Labute approximate surface area is 81.9 Å². The van der Waals surface area contributed by atoms with E-state index in [9.17, 15) is 0 Å². The third-order valence-corrected chi connectivity index (χ3v) is 2.77. The lowest BCUT2D eigenvalue weighted by molar-refractivity contribution is 0.965. The van der Waals surface area contributed by atoms with Crippen molar-refractivity contribution in [2.45, 2.75) is 6.92 Å². The average molecular weight is 195 g/mol. The monoisotopic (exact) mass is 194 g/mol. The van der Waals surface area contributed by atoms with Gasteiger partial charge in [0.25, 0.3) is 0 Å². The molecule has 3 heteroatoms. The van der Waals surface area contributed by atoms with Crippen molar-refractivity contribution in [3.8, 4) is 0 Å². The highest BCUT2D eigenvalue weighted by atomic mass is 35.5. The Morgan fingerprint density at radius 2 is 2.08 bits per heavy atom. The molecule has 68 valence electrons. The van der Waals surface area contributed by atoms with Gasteiger partial charge in [-0.25, -0.2) is 0 Å². The lowest BCUT2D eigenvalue weighted by Gasteiger charge is -2.02. The van der Waals surface area contributed by atoms with Gasteiger partial charge >= 0.3 is 0 Å². The van der Waals surface area contributed by atoms with Crippen molar-refractivity contribution in [3.05, 3.63) is 28.9 Å². The van der Waals surface area contributed by atoms with Crippen molar-refractivity contribution in [1.29, 1.82) is 0 Å². The summed E-state index contributed by atoms with van der Waals surface area (Å²) < 4.78 is 2.01. The SMILES string of the molecule is Cc1c(Cl)ccc2c(N)cn(C)c12. The van der Waals surface area contributed by atoms with E-state index in [-0.39, 0.29) is 0 Å². The molecule has 0 spiro atoms. The van der Waals surface area contributed by atoms with Crippen molar-refractivity contribution in [1.82, 2.24) is 4.57 Å². The van der Waals surface area contributed by atoms with Crippen molar-refractivity contribution in [2.24, 2.45) is 7.05 Å². The maximum Gasteiger partial charge on any atom is 0.0573 e. The highest BCUT2D eigenvalue weighted by Gasteiger charge is 2.07. The van der Waals surface area contributed by atoms with Crippen molar-refractivity contribution in [2.75, 3.05) is 5.73 Å². The Hall–Kier alpha value is -1.15. The molecule has 0 saturated carbocycles. The molecule has 2 N–H and O–H groups in total. The zero-order valence-corrected chi connectivity index (χ0v) is 8.39. The molecule has 1 heterocycles. The standard InChI is InChI=1S/C10H11ClN2/c1-6-8(11)4-3-7-9(12)5-13(2)10(6)7/h3-5H,12H2,1-2H3. The van der Waals surface area contributed by atoms with Gasteiger partial charge in [-0.3, -0.25) is 0 Å². The normalized spacial score (nSPS) is 11.0. The van der Waals surface area contributed by atoms with E-state index in [2.05, 4.69) is 0 Å². The summed E-state index contributed by atoms with van der Waals surface area (Å²) in [4.78, 5) is 0. The molecule has 0 unspecified atom stereocenters. The molecule has 0 fully saturated rings. The molecular formula is C10H11ClN2. The fourth-order valence-electron chi connectivity index (χ4n) is 1.71. The fraction of sp³-hybridized carbons (Fsp3) is 0.200. The van der Waals surface area contributed by atoms with E-state index >= 15 is 0 Å². The summed E-state index contributed by atoms with van der Waals surface area (Å²) in [5.41, 5.74) is 8.83. The van der Waals surface area contributed by atoms with Gasteiger partial charge in [-0.1, -0.05) is 11.6 Å². The van der Waals surface area contributed by atoms with Crippen LogP contribution in [0.25, 0.3) is 10.9 Å². The van der Waals surface area contributed by atoms with Gasteiger partial charge in [0.1, 0.15) is 0 Å². The third kappa shape index (κ3) is 1.10. The second-order valence-corrected chi connectivity index (χ2v) is 3.67. The quantitative estimate of drug-likeness (QED) is 0.687. The van der Waals surface area contributed by atoms with Crippen LogP contribution in [0.1, 0.15) is 5.56 Å². The van der Waals surface area contributed by atoms with Crippen LogP contribution in [0.2, 0.25) is 5.02 Å². The number of rotatable bonds is 0. The van der Waals surface area contributed by atoms with Gasteiger partial charge < -0.3 is 10.3 Å². The number of aromatic nitrogens is 1. The van der Waals surface area contributed by atoms with Gasteiger partial charge in [0, 0.05) is 23.7 Å². The van der Waals surface area contributed by atoms with Gasteiger partial charge in [-0.2, -0.15) is 0 Å². The van der Waals surface area contributed by atoms with E-state index in [4.69, 9.17) is 17.3 Å². The van der Waals surface area contributed by atoms with Gasteiger partial charge in [0.2, 0.25) is 0 Å². The number of anilines is 1. The molecule has 13 heavy (non-hydrogen) atoms. The molecule has 0 atom stereocenters. The fourth-order valence-corrected chi connectivity index (χ4v) is 1.86. The van der Waals surface area contributed by atoms with E-state index in [1.165, 1.54) is 0 Å². The van der Waals surface area contributed by atoms with E-state index in [0.717, 1.165) is 27.2 Å². The summed E-state index contributed by atoms with van der Waals surface area (Å²) in [5, 5.41) is 1.86. The van der Waals surface area contributed by atoms with E-state index in [0.29, 0.717) is 0 Å². The highest BCUT2D eigenvalue weighted by molar-refractivity contribution is 6.32. The third-order valence-electron chi connectivity index (χ3n) is 2.36. The van der Waals surface area contributed by atoms with Crippen LogP contribution in [-0.2, 0) is 7.05 Å². The Balaban J connectivity index is 2.98. The lowest BCUT2D eigenvalue weighted by atomic mass is 10.1. The molecule has 1 aromatic carbocycles. The maximum atomic E-state index is 6.01. The first-order chi connectivity index (χ1) is 6.11. The van der Waals surface area contributed by atoms with E-state index in [1.807, 2.05) is 36.9 Å². The van der Waals surface area contributed by atoms with Crippen molar-refractivity contribution < 1.29 is 0 Å². The first kappa shape index (κ1) is 8.45. The predicted molar refractivity (Wildman–Crippen MR) is 57.1 cm³/mol. The predicted octanol–water partition coefficient (Wildman–Crippen LogP) is 2.72. The van der Waals surface area contributed by atoms with Crippen LogP contribution < -0.4 is 5.73 Å². The summed E-state index contributed by atoms with van der Waals surface area (Å²) in [6, 6.07) is 3.84. The zero-order valence-electron chi connectivity index (χ0n) is 7.63. The molecule has 2 aromatic rings. The number of nitrogens with zero attached hydrogens (tertiary/aromatic N) is 1. The molecule has 0 aliphatic carbocycles. The Bertz CT molecular complexity index is 471. The smallest absolute Gasteiger partial charge is 0.0573 e. The maximum absolute atomic E-state index is 6.01. The van der Waals surface area contributed by atoms with Gasteiger partial charge in [0.05, 0.1) is 11.2 Å². The second-order valence-electron chi connectivity index (χ2n) is 3.26. The Kier molecular flexibility index (Phi) is 1.74. The minimum Gasteiger partial charge on any atom is -0.397 e. The second kappa shape index (κ2) is 2.67. The highest BCUT2D eigenvalue weighted by Crippen LogP contribution is 2.29. The molecule has 0 bridgehead atoms. The van der Waals surface area contributed by atoms with E-state index in [1.54, 1.807) is 0 Å². The summed E-state index contributed by atoms with van der Waals surface area (Å²) in [5.74, 6) is 0. The van der Waals surface area contributed by atoms with Crippen LogP contribution in [0.5, 0.6) is 0 Å². The van der Waals surface area contributed by atoms with Crippen molar-refractivity contribution in [3.63, 3.8) is 0 Å². The first-order valence-corrected chi connectivity index (χ1v) is 4.48. The first-order valence-electron chi connectivity index (χ1n) is 4.11. The number of hydrogen-bond acceptors (Lipinski definition) is 1. The Morgan fingerprint density at radius 1 is 1.38 bits per heavy atom. The average Bonchev–Trinajstić information content (AvgIpc) is 2.35. The Morgan fingerprint density at radius 3 is 2.77 bits per heavy atom. The molecule has 2 nitrogen and oxygen atoms in total. The molecular weight excluding hydrogens is 184 g/mol. The number of aryl methyl sites for hydroxylation is 2. The number of benzene rings is 1. The topological polar surface area (TPSA) is 30.9 Å². The number of nitrogens with two attached hydrogens (primary N) is 1. The number of fused-ring (bicyclic) bond motifs is 1. The number of hydrogen-bond donors (Lipinski definition) is 1. The van der Waals surface area contributed by atoms with Crippen LogP contribution in [0.4, 0.5) is 5.69 Å². The van der Waals surface area contributed by atoms with Crippen LogP contribution in [-0.4, -0.2) is 4.57 Å². The minimum atomic E-state index is 0.786. The summed E-state index contributed by atoms with van der Waals surface area (Å²) >= 11 is 6.01. The summed E-state index contributed by atoms with van der Waals surface area (Å²) in [6.07, 6.45) is 1.91.